The fourth-order valence-electron chi connectivity index (χ4n) is 3.06. The third kappa shape index (κ3) is 5.93. The molecule has 164 valence electrons. The molecule has 4 aromatic rings. The van der Waals surface area contributed by atoms with Crippen LogP contribution < -0.4 is 20.9 Å². The molecule has 0 unspecified atom stereocenters. The van der Waals surface area contributed by atoms with Gasteiger partial charge in [-0.25, -0.2) is 14.6 Å². The quantitative estimate of drug-likeness (QED) is 0.364. The van der Waals surface area contributed by atoms with Crippen LogP contribution in [0.4, 0.5) is 0 Å². The Kier molecular flexibility index (Phi) is 6.82. The molecule has 0 radical (unpaired) electrons. The third-order valence-electron chi connectivity index (χ3n) is 4.48. The van der Waals surface area contributed by atoms with E-state index in [9.17, 15) is 9.59 Å². The molecule has 3 aromatic carbocycles. The maximum atomic E-state index is 11.8. The van der Waals surface area contributed by atoms with Gasteiger partial charge in [-0.15, -0.1) is 4.74 Å². The van der Waals surface area contributed by atoms with Gasteiger partial charge in [-0.1, -0.05) is 51.8 Å². The molecule has 4 rings (SSSR count). The van der Waals surface area contributed by atoms with Crippen molar-refractivity contribution in [2.24, 2.45) is 0 Å². The number of aromatic nitrogens is 2. The first-order chi connectivity index (χ1) is 15.4. The minimum absolute atomic E-state index is 0.0409. The van der Waals surface area contributed by atoms with Crippen LogP contribution in [0.15, 0.2) is 85.3 Å². The lowest BCUT2D eigenvalue weighted by Crippen LogP contribution is -2.17. The summed E-state index contributed by atoms with van der Waals surface area (Å²) in [6, 6.07) is 20.5. The average molecular weight is 518 g/mol. The predicted molar refractivity (Wildman–Crippen MR) is 123 cm³/mol. The lowest BCUT2D eigenvalue weighted by atomic mass is 10.2. The van der Waals surface area contributed by atoms with E-state index in [1.807, 2.05) is 42.5 Å². The van der Waals surface area contributed by atoms with Crippen molar-refractivity contribution in [1.82, 2.24) is 9.72 Å². The molecule has 0 saturated carbocycles. The Balaban J connectivity index is 1.57. The Morgan fingerprint density at radius 3 is 2.12 bits per heavy atom. The molecule has 0 aliphatic heterocycles. The number of halogens is 2. The summed E-state index contributed by atoms with van der Waals surface area (Å²) in [5, 5.41) is 0.625. The normalized spacial score (nSPS) is 10.8. The van der Waals surface area contributed by atoms with Gasteiger partial charge in [-0.3, -0.25) is 0 Å². The molecular formula is C23H18BrClN2O5. The Morgan fingerprint density at radius 1 is 0.875 bits per heavy atom. The SMILES string of the molecule is O=c1[nH]c(=O)n(Cc2cc(OCc3cccc(Cl)c3)cc(OCc3cccc(Br)c3)c2)o1. The van der Waals surface area contributed by atoms with Crippen LogP contribution >= 0.6 is 27.5 Å². The van der Waals surface area contributed by atoms with E-state index in [-0.39, 0.29) is 6.54 Å². The van der Waals surface area contributed by atoms with Crippen molar-refractivity contribution in [2.45, 2.75) is 19.8 Å². The average Bonchev–Trinajstić information content (AvgIpc) is 3.07. The lowest BCUT2D eigenvalue weighted by molar-refractivity contribution is 0.256. The van der Waals surface area contributed by atoms with E-state index in [0.29, 0.717) is 35.3 Å². The second-order valence-corrected chi connectivity index (χ2v) is 8.35. The summed E-state index contributed by atoms with van der Waals surface area (Å²) in [5.74, 6) is 0.279. The van der Waals surface area contributed by atoms with Gasteiger partial charge in [0, 0.05) is 15.6 Å². The fourth-order valence-corrected chi connectivity index (χ4v) is 3.72. The van der Waals surface area contributed by atoms with E-state index in [4.69, 9.17) is 25.6 Å². The number of aromatic amines is 1. The van der Waals surface area contributed by atoms with Crippen LogP contribution in [-0.4, -0.2) is 9.72 Å². The standard InChI is InChI=1S/C23H18BrClN2O5/c24-18-5-1-3-15(7-18)13-30-20-9-17(12-27-22(28)26-23(29)32-27)10-21(11-20)31-14-16-4-2-6-19(25)8-16/h1-11H,12-14H2,(H,26,28,29). The van der Waals surface area contributed by atoms with Crippen LogP contribution in [0.3, 0.4) is 0 Å². The molecule has 7 nitrogen and oxygen atoms in total. The highest BCUT2D eigenvalue weighted by Gasteiger charge is 2.09. The van der Waals surface area contributed by atoms with Gasteiger partial charge < -0.3 is 14.0 Å². The molecule has 1 N–H and O–H groups in total. The maximum absolute atomic E-state index is 11.8. The lowest BCUT2D eigenvalue weighted by Gasteiger charge is -2.13. The molecule has 0 amide bonds. The zero-order valence-corrected chi connectivity index (χ0v) is 19.1. The zero-order valence-electron chi connectivity index (χ0n) is 16.7. The first-order valence-corrected chi connectivity index (χ1v) is 10.8. The minimum Gasteiger partial charge on any atom is -0.489 e. The first-order valence-electron chi connectivity index (χ1n) is 9.63. The second kappa shape index (κ2) is 9.93. The largest absolute Gasteiger partial charge is 0.489 e. The van der Waals surface area contributed by atoms with E-state index in [1.165, 1.54) is 0 Å². The van der Waals surface area contributed by atoms with E-state index in [2.05, 4.69) is 20.9 Å². The highest BCUT2D eigenvalue weighted by molar-refractivity contribution is 9.10. The highest BCUT2D eigenvalue weighted by Crippen LogP contribution is 2.26. The third-order valence-corrected chi connectivity index (χ3v) is 5.21. The number of nitrogens with one attached hydrogen (secondary N) is 1. The number of hydrogen-bond acceptors (Lipinski definition) is 5. The van der Waals surface area contributed by atoms with Crippen LogP contribution in [0, 0.1) is 0 Å². The van der Waals surface area contributed by atoms with Crippen molar-refractivity contribution in [3.05, 3.63) is 114 Å². The summed E-state index contributed by atoms with van der Waals surface area (Å²) in [7, 11) is 0. The Morgan fingerprint density at radius 2 is 1.53 bits per heavy atom. The summed E-state index contributed by atoms with van der Waals surface area (Å²) >= 11 is 9.49. The molecule has 0 spiro atoms. The van der Waals surface area contributed by atoms with Crippen molar-refractivity contribution < 1.29 is 14.0 Å². The van der Waals surface area contributed by atoms with Gasteiger partial charge in [0.2, 0.25) is 0 Å². The van der Waals surface area contributed by atoms with Crippen molar-refractivity contribution in [3.8, 4) is 11.5 Å². The van der Waals surface area contributed by atoms with Crippen molar-refractivity contribution in [1.29, 1.82) is 0 Å². The van der Waals surface area contributed by atoms with E-state index in [1.54, 1.807) is 24.3 Å². The van der Waals surface area contributed by atoms with E-state index < -0.39 is 11.4 Å². The summed E-state index contributed by atoms with van der Waals surface area (Å²) < 4.78 is 18.7. The van der Waals surface area contributed by atoms with E-state index in [0.717, 1.165) is 20.3 Å². The molecule has 0 bridgehead atoms. The van der Waals surface area contributed by atoms with Crippen molar-refractivity contribution in [2.75, 3.05) is 0 Å². The Hall–Kier alpha value is -3.23. The topological polar surface area (TPSA) is 86.5 Å². The van der Waals surface area contributed by atoms with Gasteiger partial charge >= 0.3 is 11.4 Å². The van der Waals surface area contributed by atoms with Crippen LogP contribution in [0.1, 0.15) is 16.7 Å². The predicted octanol–water partition coefficient (Wildman–Crippen LogP) is 4.75. The number of nitrogens with zero attached hydrogens (tertiary/aromatic N) is 1. The molecular weight excluding hydrogens is 500 g/mol. The summed E-state index contributed by atoms with van der Waals surface area (Å²) in [4.78, 5) is 25.2. The molecule has 0 atom stereocenters. The zero-order chi connectivity index (χ0) is 22.5. The molecule has 1 heterocycles. The van der Waals surface area contributed by atoms with Crippen molar-refractivity contribution >= 4 is 27.5 Å². The number of H-pyrrole nitrogens is 1. The fraction of sp³-hybridized carbons (Fsp3) is 0.130. The van der Waals surface area contributed by atoms with Crippen molar-refractivity contribution in [3.63, 3.8) is 0 Å². The number of rotatable bonds is 8. The van der Waals surface area contributed by atoms with Gasteiger partial charge in [0.15, 0.2) is 0 Å². The highest BCUT2D eigenvalue weighted by atomic mass is 79.9. The number of benzene rings is 3. The monoisotopic (exact) mass is 516 g/mol. The molecule has 32 heavy (non-hydrogen) atoms. The van der Waals surface area contributed by atoms with Gasteiger partial charge in [0.05, 0.1) is 6.54 Å². The van der Waals surface area contributed by atoms with Crippen LogP contribution in [-0.2, 0) is 19.8 Å². The molecule has 9 heteroatoms. The van der Waals surface area contributed by atoms with Crippen LogP contribution in [0.2, 0.25) is 5.02 Å². The molecule has 0 saturated heterocycles. The Labute approximate surface area is 196 Å². The summed E-state index contributed by atoms with van der Waals surface area (Å²) in [5.41, 5.74) is 1.94. The summed E-state index contributed by atoms with van der Waals surface area (Å²) in [6.07, 6.45) is 0. The molecule has 0 fully saturated rings. The summed E-state index contributed by atoms with van der Waals surface area (Å²) in [6.45, 7) is 0.684. The molecule has 1 aromatic heterocycles. The smallest absolute Gasteiger partial charge is 0.440 e. The molecule has 0 aliphatic rings. The van der Waals surface area contributed by atoms with Gasteiger partial charge in [0.1, 0.15) is 24.7 Å². The second-order valence-electron chi connectivity index (χ2n) is 7.00. The first kappa shape index (κ1) is 22.0. The molecule has 0 aliphatic carbocycles. The minimum atomic E-state index is -0.811. The van der Waals surface area contributed by atoms with E-state index >= 15 is 0 Å². The van der Waals surface area contributed by atoms with Gasteiger partial charge in [-0.2, -0.15) is 0 Å². The maximum Gasteiger partial charge on any atom is 0.440 e. The van der Waals surface area contributed by atoms with Gasteiger partial charge in [-0.05, 0) is 53.1 Å². The number of hydrogen-bond donors (Lipinski definition) is 1. The Bertz CT molecular complexity index is 1280. The van der Waals surface area contributed by atoms with Crippen LogP contribution in [0.5, 0.6) is 11.5 Å². The van der Waals surface area contributed by atoms with Gasteiger partial charge in [0.25, 0.3) is 0 Å². The van der Waals surface area contributed by atoms with Crippen LogP contribution in [0.25, 0.3) is 0 Å². The number of ether oxygens (including phenoxy) is 2.